The number of hydrogen-bond donors (Lipinski definition) is 1. The highest BCUT2D eigenvalue weighted by Crippen LogP contribution is 2.36. The minimum atomic E-state index is -0.144. The molecule has 0 saturated carbocycles. The van der Waals surface area contributed by atoms with Gasteiger partial charge in [-0.05, 0) is 62.1 Å². The van der Waals surface area contributed by atoms with Crippen LogP contribution in [-0.4, -0.2) is 78.1 Å². The molecule has 0 bridgehead atoms. The monoisotopic (exact) mass is 566 g/mol. The molecular weight excluding hydrogens is 528 g/mol. The first-order valence-corrected chi connectivity index (χ1v) is 14.3. The van der Waals surface area contributed by atoms with E-state index in [0.29, 0.717) is 17.7 Å². The number of amides is 2. The number of carbonyl (C=O) groups is 2. The zero-order valence-corrected chi connectivity index (χ0v) is 24.9. The molecule has 1 saturated heterocycles. The SMILES string of the molecule is COc1ccccc1-c1c[nH]c2ncc(-c3ccc(/C=C\C(=O)N(CC4CCCO4)C(C)C)c(C(=O)N(C)C)c3)cc12. The standard InChI is InChI=1S/C34H38N4O4/c1-22(2)38(21-26-9-8-16-42-26)32(39)15-14-23-12-13-24(17-28(23)34(40)37(3)4)25-18-29-30(20-36-33(29)35-19-25)27-10-6-7-11-31(27)41-5/h6-7,10-15,17-20,22,26H,8-9,16,21H2,1-5H3,(H,35,36)/b15-14-. The summed E-state index contributed by atoms with van der Waals surface area (Å²) in [5, 5.41) is 0.951. The van der Waals surface area contributed by atoms with Crippen LogP contribution in [0.25, 0.3) is 39.4 Å². The zero-order chi connectivity index (χ0) is 29.8. The van der Waals surface area contributed by atoms with Gasteiger partial charge in [-0.2, -0.15) is 0 Å². The van der Waals surface area contributed by atoms with Gasteiger partial charge in [0.25, 0.3) is 5.91 Å². The summed E-state index contributed by atoms with van der Waals surface area (Å²) in [6.07, 6.45) is 9.10. The number of hydrogen-bond acceptors (Lipinski definition) is 5. The Morgan fingerprint density at radius 3 is 2.64 bits per heavy atom. The maximum Gasteiger partial charge on any atom is 0.253 e. The summed E-state index contributed by atoms with van der Waals surface area (Å²) in [7, 11) is 5.11. The Morgan fingerprint density at radius 2 is 1.93 bits per heavy atom. The molecule has 1 fully saturated rings. The number of carbonyl (C=O) groups excluding carboxylic acids is 2. The molecule has 1 atom stereocenters. The summed E-state index contributed by atoms with van der Waals surface area (Å²) >= 11 is 0. The minimum Gasteiger partial charge on any atom is -0.496 e. The van der Waals surface area contributed by atoms with Gasteiger partial charge >= 0.3 is 0 Å². The fourth-order valence-electron chi connectivity index (χ4n) is 5.38. The van der Waals surface area contributed by atoms with Crippen molar-refractivity contribution in [3.05, 3.63) is 78.1 Å². The van der Waals surface area contributed by atoms with Crippen LogP contribution in [-0.2, 0) is 9.53 Å². The Balaban J connectivity index is 1.48. The van der Waals surface area contributed by atoms with Crippen LogP contribution in [0.4, 0.5) is 0 Å². The van der Waals surface area contributed by atoms with Crippen LogP contribution in [0, 0.1) is 0 Å². The normalized spacial score (nSPS) is 15.0. The van der Waals surface area contributed by atoms with Crippen molar-refractivity contribution in [3.63, 3.8) is 0 Å². The third-order valence-corrected chi connectivity index (χ3v) is 7.69. The number of benzene rings is 2. The van der Waals surface area contributed by atoms with Crippen molar-refractivity contribution in [1.82, 2.24) is 19.8 Å². The molecule has 1 aliphatic heterocycles. The molecule has 42 heavy (non-hydrogen) atoms. The summed E-state index contributed by atoms with van der Waals surface area (Å²) in [5.74, 6) is 0.536. The number of para-hydroxylation sites is 1. The third kappa shape index (κ3) is 6.09. The molecule has 3 heterocycles. The van der Waals surface area contributed by atoms with Gasteiger partial charge in [0.05, 0.1) is 13.2 Å². The Kier molecular flexibility index (Phi) is 8.73. The number of aromatic nitrogens is 2. The molecule has 1 unspecified atom stereocenters. The first-order chi connectivity index (χ1) is 20.3. The number of fused-ring (bicyclic) bond motifs is 1. The van der Waals surface area contributed by atoms with Gasteiger partial charge in [-0.3, -0.25) is 9.59 Å². The molecule has 1 aliphatic rings. The molecule has 2 amide bonds. The average Bonchev–Trinajstić information content (AvgIpc) is 3.67. The highest BCUT2D eigenvalue weighted by Gasteiger charge is 2.23. The molecule has 2 aromatic carbocycles. The van der Waals surface area contributed by atoms with E-state index >= 15 is 0 Å². The van der Waals surface area contributed by atoms with Gasteiger partial charge < -0.3 is 24.3 Å². The van der Waals surface area contributed by atoms with Crippen molar-refractivity contribution in [2.75, 3.05) is 34.4 Å². The van der Waals surface area contributed by atoms with Gasteiger partial charge in [0.15, 0.2) is 0 Å². The molecule has 1 N–H and O–H groups in total. The molecule has 4 aromatic rings. The Labute approximate surface area is 247 Å². The number of aromatic amines is 1. The quantitative estimate of drug-likeness (QED) is 0.250. The van der Waals surface area contributed by atoms with E-state index in [1.165, 1.54) is 0 Å². The molecule has 8 nitrogen and oxygen atoms in total. The van der Waals surface area contributed by atoms with Crippen LogP contribution < -0.4 is 4.74 Å². The van der Waals surface area contributed by atoms with Crippen molar-refractivity contribution in [3.8, 4) is 28.0 Å². The zero-order valence-electron chi connectivity index (χ0n) is 24.9. The lowest BCUT2D eigenvalue weighted by Gasteiger charge is -2.28. The topological polar surface area (TPSA) is 87.8 Å². The van der Waals surface area contributed by atoms with E-state index in [4.69, 9.17) is 9.47 Å². The number of ether oxygens (including phenoxy) is 2. The van der Waals surface area contributed by atoms with Gasteiger partial charge in [0, 0.05) is 79.4 Å². The first-order valence-electron chi connectivity index (χ1n) is 14.3. The second kappa shape index (κ2) is 12.6. The molecule has 5 rings (SSSR count). The highest BCUT2D eigenvalue weighted by molar-refractivity contribution is 6.01. The van der Waals surface area contributed by atoms with Crippen LogP contribution in [0.2, 0.25) is 0 Å². The smallest absolute Gasteiger partial charge is 0.253 e. The lowest BCUT2D eigenvalue weighted by Crippen LogP contribution is -2.41. The Morgan fingerprint density at radius 1 is 1.12 bits per heavy atom. The van der Waals surface area contributed by atoms with E-state index < -0.39 is 0 Å². The molecule has 0 spiro atoms. The summed E-state index contributed by atoms with van der Waals surface area (Å²) in [6, 6.07) is 15.7. The highest BCUT2D eigenvalue weighted by atomic mass is 16.5. The number of rotatable bonds is 9. The van der Waals surface area contributed by atoms with Crippen LogP contribution in [0.3, 0.4) is 0 Å². The lowest BCUT2D eigenvalue weighted by molar-refractivity contribution is -0.129. The average molecular weight is 567 g/mol. The first kappa shape index (κ1) is 29.1. The van der Waals surface area contributed by atoms with Crippen LogP contribution in [0.5, 0.6) is 5.75 Å². The molecule has 0 aliphatic carbocycles. The number of nitrogens with one attached hydrogen (secondary N) is 1. The van der Waals surface area contributed by atoms with Crippen molar-refractivity contribution in [2.24, 2.45) is 0 Å². The molecule has 2 aromatic heterocycles. The van der Waals surface area contributed by atoms with Crippen molar-refractivity contribution in [1.29, 1.82) is 0 Å². The van der Waals surface area contributed by atoms with Crippen molar-refractivity contribution < 1.29 is 19.1 Å². The fourth-order valence-corrected chi connectivity index (χ4v) is 5.38. The third-order valence-electron chi connectivity index (χ3n) is 7.69. The fraction of sp³-hybridized carbons (Fsp3) is 0.324. The molecule has 8 heteroatoms. The van der Waals surface area contributed by atoms with E-state index in [2.05, 4.69) is 16.0 Å². The van der Waals surface area contributed by atoms with Gasteiger partial charge in [-0.1, -0.05) is 30.3 Å². The van der Waals surface area contributed by atoms with Gasteiger partial charge in [0.1, 0.15) is 11.4 Å². The number of pyridine rings is 1. The Bertz CT molecular complexity index is 1620. The van der Waals surface area contributed by atoms with E-state index in [0.717, 1.165) is 58.5 Å². The van der Waals surface area contributed by atoms with Gasteiger partial charge in [-0.15, -0.1) is 0 Å². The van der Waals surface area contributed by atoms with Crippen molar-refractivity contribution in [2.45, 2.75) is 38.8 Å². The summed E-state index contributed by atoms with van der Waals surface area (Å²) in [4.78, 5) is 37.8. The van der Waals surface area contributed by atoms with E-state index in [1.54, 1.807) is 44.5 Å². The van der Waals surface area contributed by atoms with Gasteiger partial charge in [0.2, 0.25) is 5.91 Å². The Hall–Kier alpha value is -4.43. The number of methoxy groups -OCH3 is 1. The predicted molar refractivity (Wildman–Crippen MR) is 166 cm³/mol. The maximum atomic E-state index is 13.3. The van der Waals surface area contributed by atoms with Crippen LogP contribution >= 0.6 is 0 Å². The van der Waals surface area contributed by atoms with Crippen molar-refractivity contribution >= 4 is 28.9 Å². The van der Waals surface area contributed by atoms with E-state index in [-0.39, 0.29) is 24.0 Å². The van der Waals surface area contributed by atoms with Crippen LogP contribution in [0.15, 0.2) is 67.0 Å². The maximum absolute atomic E-state index is 13.3. The number of H-pyrrole nitrogens is 1. The second-order valence-electron chi connectivity index (χ2n) is 11.1. The van der Waals surface area contributed by atoms with Crippen LogP contribution in [0.1, 0.15) is 42.6 Å². The molecule has 218 valence electrons. The number of nitrogens with zero attached hydrogens (tertiary/aromatic N) is 3. The summed E-state index contributed by atoms with van der Waals surface area (Å²) in [5.41, 5.74) is 5.63. The van der Waals surface area contributed by atoms with Gasteiger partial charge in [-0.25, -0.2) is 4.98 Å². The summed E-state index contributed by atoms with van der Waals surface area (Å²) < 4.78 is 11.4. The van der Waals surface area contributed by atoms with E-state index in [1.807, 2.05) is 67.4 Å². The largest absolute Gasteiger partial charge is 0.496 e. The lowest BCUT2D eigenvalue weighted by atomic mass is 9.97. The molecular formula is C34H38N4O4. The molecule has 0 radical (unpaired) electrons. The minimum absolute atomic E-state index is 0.0354. The van der Waals surface area contributed by atoms with E-state index in [9.17, 15) is 9.59 Å². The second-order valence-corrected chi connectivity index (χ2v) is 11.1. The summed E-state index contributed by atoms with van der Waals surface area (Å²) in [6.45, 7) is 5.32. The predicted octanol–water partition coefficient (Wildman–Crippen LogP) is 6.04.